The number of aromatic nitrogens is 1. The van der Waals surface area contributed by atoms with Gasteiger partial charge in [-0.1, -0.05) is 0 Å². The number of halogens is 1. The van der Waals surface area contributed by atoms with Crippen molar-refractivity contribution >= 4 is 5.97 Å². The maximum atomic E-state index is 13.2. The van der Waals surface area contributed by atoms with Crippen LogP contribution in [-0.4, -0.2) is 23.2 Å². The lowest BCUT2D eigenvalue weighted by Gasteiger charge is -2.10. The van der Waals surface area contributed by atoms with E-state index in [1.54, 1.807) is 19.1 Å². The van der Waals surface area contributed by atoms with Gasteiger partial charge in [-0.3, -0.25) is 4.98 Å². The number of aromatic carboxylic acids is 1. The van der Waals surface area contributed by atoms with E-state index in [0.717, 1.165) is 23.9 Å². The van der Waals surface area contributed by atoms with E-state index in [-0.39, 0.29) is 17.9 Å². The minimum Gasteiger partial charge on any atom is -0.497 e. The zero-order valence-corrected chi connectivity index (χ0v) is 11.6. The number of benzene rings is 1. The van der Waals surface area contributed by atoms with Gasteiger partial charge in [0.2, 0.25) is 0 Å². The van der Waals surface area contributed by atoms with Crippen molar-refractivity contribution < 1.29 is 23.8 Å². The molecule has 0 amide bonds. The Hall–Kier alpha value is -2.63. The van der Waals surface area contributed by atoms with Crippen molar-refractivity contribution in [3.05, 3.63) is 53.1 Å². The van der Waals surface area contributed by atoms with E-state index in [0.29, 0.717) is 11.4 Å². The van der Waals surface area contributed by atoms with E-state index in [4.69, 9.17) is 14.6 Å². The molecule has 110 valence electrons. The van der Waals surface area contributed by atoms with E-state index >= 15 is 0 Å². The highest BCUT2D eigenvalue weighted by molar-refractivity contribution is 5.90. The maximum absolute atomic E-state index is 13.2. The summed E-state index contributed by atoms with van der Waals surface area (Å²) in [6.07, 6.45) is 0. The highest BCUT2D eigenvalue weighted by Crippen LogP contribution is 2.22. The van der Waals surface area contributed by atoms with Crippen molar-refractivity contribution in [1.82, 2.24) is 4.98 Å². The summed E-state index contributed by atoms with van der Waals surface area (Å²) in [4.78, 5) is 15.3. The van der Waals surface area contributed by atoms with Gasteiger partial charge < -0.3 is 14.6 Å². The topological polar surface area (TPSA) is 68.7 Å². The molecule has 1 aromatic carbocycles. The first kappa shape index (κ1) is 14.8. The second kappa shape index (κ2) is 6.21. The van der Waals surface area contributed by atoms with Crippen molar-refractivity contribution in [2.45, 2.75) is 13.5 Å². The van der Waals surface area contributed by atoms with Gasteiger partial charge in [-0.05, 0) is 19.1 Å². The summed E-state index contributed by atoms with van der Waals surface area (Å²) in [5, 5.41) is 9.04. The monoisotopic (exact) mass is 291 g/mol. The Morgan fingerprint density at radius 2 is 2.10 bits per heavy atom. The fourth-order valence-corrected chi connectivity index (χ4v) is 1.84. The standard InChI is InChI=1S/C15H14FNO4/c1-9-5-12(20-2)7-11(17-9)8-21-14-6-10(16)3-4-13(14)15(18)19/h3-7H,8H2,1-2H3,(H,18,19). The summed E-state index contributed by atoms with van der Waals surface area (Å²) in [6, 6.07) is 6.71. The number of methoxy groups -OCH3 is 1. The third-order valence-electron chi connectivity index (χ3n) is 2.77. The fourth-order valence-electron chi connectivity index (χ4n) is 1.84. The normalized spacial score (nSPS) is 10.2. The number of hydrogen-bond acceptors (Lipinski definition) is 4. The zero-order chi connectivity index (χ0) is 15.4. The van der Waals surface area contributed by atoms with Crippen molar-refractivity contribution in [1.29, 1.82) is 0 Å². The van der Waals surface area contributed by atoms with Crippen LogP contribution in [0.5, 0.6) is 11.5 Å². The van der Waals surface area contributed by atoms with Gasteiger partial charge in [0.1, 0.15) is 29.5 Å². The van der Waals surface area contributed by atoms with Crippen LogP contribution in [0.15, 0.2) is 30.3 Å². The minimum absolute atomic E-state index is 0.0156. The number of nitrogens with zero attached hydrogens (tertiary/aromatic N) is 1. The molecule has 1 heterocycles. The van der Waals surface area contributed by atoms with E-state index in [9.17, 15) is 9.18 Å². The lowest BCUT2D eigenvalue weighted by atomic mass is 10.2. The first-order valence-electron chi connectivity index (χ1n) is 6.17. The summed E-state index contributed by atoms with van der Waals surface area (Å²) in [6.45, 7) is 1.82. The second-order valence-electron chi connectivity index (χ2n) is 4.37. The molecule has 0 aliphatic carbocycles. The number of rotatable bonds is 5. The Morgan fingerprint density at radius 3 is 2.76 bits per heavy atom. The van der Waals surface area contributed by atoms with Gasteiger partial charge >= 0.3 is 5.97 Å². The van der Waals surface area contributed by atoms with Crippen LogP contribution in [0.2, 0.25) is 0 Å². The molecular weight excluding hydrogens is 277 g/mol. The largest absolute Gasteiger partial charge is 0.497 e. The molecule has 1 N–H and O–H groups in total. The summed E-state index contributed by atoms with van der Waals surface area (Å²) in [5.41, 5.74) is 1.20. The Kier molecular flexibility index (Phi) is 4.37. The molecule has 0 saturated carbocycles. The number of aryl methyl sites for hydroxylation is 1. The minimum atomic E-state index is -1.18. The molecule has 2 rings (SSSR count). The van der Waals surface area contributed by atoms with Crippen molar-refractivity contribution in [3.63, 3.8) is 0 Å². The van der Waals surface area contributed by atoms with Crippen molar-refractivity contribution in [2.24, 2.45) is 0 Å². The molecule has 0 saturated heterocycles. The van der Waals surface area contributed by atoms with Crippen LogP contribution < -0.4 is 9.47 Å². The highest BCUT2D eigenvalue weighted by Gasteiger charge is 2.13. The molecule has 0 aliphatic heterocycles. The third-order valence-corrected chi connectivity index (χ3v) is 2.77. The van der Waals surface area contributed by atoms with Gasteiger partial charge in [0, 0.05) is 23.9 Å². The lowest BCUT2D eigenvalue weighted by Crippen LogP contribution is -2.05. The van der Waals surface area contributed by atoms with Crippen molar-refractivity contribution in [3.8, 4) is 11.5 Å². The average molecular weight is 291 g/mol. The maximum Gasteiger partial charge on any atom is 0.339 e. The van der Waals surface area contributed by atoms with Crippen molar-refractivity contribution in [2.75, 3.05) is 7.11 Å². The van der Waals surface area contributed by atoms with Gasteiger partial charge in [-0.25, -0.2) is 9.18 Å². The first-order valence-corrected chi connectivity index (χ1v) is 6.17. The van der Waals surface area contributed by atoms with E-state index in [1.807, 2.05) is 0 Å². The number of carbonyl (C=O) groups is 1. The molecule has 0 bridgehead atoms. The smallest absolute Gasteiger partial charge is 0.339 e. The van der Waals surface area contributed by atoms with E-state index in [1.165, 1.54) is 7.11 Å². The summed E-state index contributed by atoms with van der Waals surface area (Å²) < 4.78 is 23.7. The predicted molar refractivity (Wildman–Crippen MR) is 73.2 cm³/mol. The first-order chi connectivity index (χ1) is 9.99. The molecule has 6 heteroatoms. The van der Waals surface area contributed by atoms with Gasteiger partial charge in [0.15, 0.2) is 0 Å². The predicted octanol–water partition coefficient (Wildman–Crippen LogP) is 2.81. The second-order valence-corrected chi connectivity index (χ2v) is 4.37. The molecule has 5 nitrogen and oxygen atoms in total. The molecular formula is C15H14FNO4. The molecule has 2 aromatic rings. The van der Waals surface area contributed by atoms with E-state index in [2.05, 4.69) is 4.98 Å². The Balaban J connectivity index is 2.22. The van der Waals surface area contributed by atoms with Gasteiger partial charge in [-0.15, -0.1) is 0 Å². The fraction of sp³-hybridized carbons (Fsp3) is 0.200. The number of carboxylic acid groups (broad SMARTS) is 1. The van der Waals surface area contributed by atoms with Gasteiger partial charge in [0.25, 0.3) is 0 Å². The summed E-state index contributed by atoms with van der Waals surface area (Å²) in [7, 11) is 1.54. The zero-order valence-electron chi connectivity index (χ0n) is 11.6. The number of pyridine rings is 1. The lowest BCUT2D eigenvalue weighted by molar-refractivity contribution is 0.0691. The molecule has 21 heavy (non-hydrogen) atoms. The van der Waals surface area contributed by atoms with Crippen LogP contribution in [-0.2, 0) is 6.61 Å². The molecule has 0 aliphatic rings. The highest BCUT2D eigenvalue weighted by atomic mass is 19.1. The molecule has 0 spiro atoms. The Labute approximate surface area is 121 Å². The van der Waals surface area contributed by atoms with Crippen LogP contribution in [0.4, 0.5) is 4.39 Å². The number of hydrogen-bond donors (Lipinski definition) is 1. The summed E-state index contributed by atoms with van der Waals surface area (Å²) >= 11 is 0. The molecule has 1 aromatic heterocycles. The van der Waals surface area contributed by atoms with Crippen LogP contribution in [0.3, 0.4) is 0 Å². The SMILES string of the molecule is COc1cc(C)nc(COc2cc(F)ccc2C(=O)O)c1. The van der Waals surface area contributed by atoms with Crippen LogP contribution in [0, 0.1) is 12.7 Å². The van der Waals surface area contributed by atoms with Crippen LogP contribution in [0.1, 0.15) is 21.7 Å². The van der Waals surface area contributed by atoms with E-state index < -0.39 is 11.8 Å². The number of carboxylic acids is 1. The Morgan fingerprint density at radius 1 is 1.33 bits per heavy atom. The molecule has 0 unspecified atom stereocenters. The van der Waals surface area contributed by atoms with Gasteiger partial charge in [0.05, 0.1) is 12.8 Å². The quantitative estimate of drug-likeness (QED) is 0.917. The van der Waals surface area contributed by atoms with Crippen LogP contribution in [0.25, 0.3) is 0 Å². The number of ether oxygens (including phenoxy) is 2. The van der Waals surface area contributed by atoms with Crippen LogP contribution >= 0.6 is 0 Å². The summed E-state index contributed by atoms with van der Waals surface area (Å²) in [5.74, 6) is -1.16. The third kappa shape index (κ3) is 3.68. The molecule has 0 atom stereocenters. The molecule has 0 radical (unpaired) electrons. The average Bonchev–Trinajstić information content (AvgIpc) is 2.44. The molecule has 0 fully saturated rings. The van der Waals surface area contributed by atoms with Gasteiger partial charge in [-0.2, -0.15) is 0 Å². The Bertz CT molecular complexity index is 673.